The molecular formula is C31H22N2OS. The molecule has 1 aliphatic rings. The van der Waals surface area contributed by atoms with Crippen molar-refractivity contribution in [1.29, 1.82) is 0 Å². The van der Waals surface area contributed by atoms with Crippen molar-refractivity contribution in [2.24, 2.45) is 0 Å². The van der Waals surface area contributed by atoms with Gasteiger partial charge in [-0.3, -0.25) is 4.57 Å². The highest BCUT2D eigenvalue weighted by atomic mass is 32.1. The van der Waals surface area contributed by atoms with Crippen LogP contribution in [0.2, 0.25) is 0 Å². The Morgan fingerprint density at radius 2 is 1.40 bits per heavy atom. The third kappa shape index (κ3) is 3.29. The largest absolute Gasteiger partial charge is 0.453 e. The van der Waals surface area contributed by atoms with Gasteiger partial charge in [-0.25, -0.2) is 4.98 Å². The second kappa shape index (κ2) is 7.97. The van der Waals surface area contributed by atoms with Crippen molar-refractivity contribution in [3.63, 3.8) is 0 Å². The summed E-state index contributed by atoms with van der Waals surface area (Å²) in [6, 6.07) is 36.3. The van der Waals surface area contributed by atoms with Crippen molar-refractivity contribution in [2.45, 2.75) is 13.3 Å². The molecule has 0 fully saturated rings. The van der Waals surface area contributed by atoms with Crippen LogP contribution in [0.15, 0.2) is 103 Å². The molecule has 0 radical (unpaired) electrons. The second-order valence-electron chi connectivity index (χ2n) is 8.73. The maximum atomic E-state index is 6.35. The Balaban J connectivity index is 1.23. The summed E-state index contributed by atoms with van der Waals surface area (Å²) in [4.78, 5) is 7.39. The predicted octanol–water partition coefficient (Wildman–Crippen LogP) is 8.76. The van der Waals surface area contributed by atoms with E-state index in [-0.39, 0.29) is 0 Å². The van der Waals surface area contributed by atoms with E-state index in [9.17, 15) is 0 Å². The minimum atomic E-state index is 0.863. The monoisotopic (exact) mass is 470 g/mol. The van der Waals surface area contributed by atoms with E-state index in [1.807, 2.05) is 23.5 Å². The van der Waals surface area contributed by atoms with Crippen molar-refractivity contribution < 1.29 is 4.74 Å². The number of aryl methyl sites for hydroxylation is 1. The number of benzene rings is 4. The molecule has 6 aromatic rings. The summed E-state index contributed by atoms with van der Waals surface area (Å²) in [5.41, 5.74) is 7.89. The first kappa shape index (κ1) is 20.2. The van der Waals surface area contributed by atoms with Gasteiger partial charge in [0, 0.05) is 16.2 Å². The van der Waals surface area contributed by atoms with Crippen molar-refractivity contribution in [2.75, 3.05) is 0 Å². The zero-order chi connectivity index (χ0) is 23.4. The zero-order valence-corrected chi connectivity index (χ0v) is 20.0. The molecule has 0 saturated heterocycles. The minimum absolute atomic E-state index is 0.863. The Bertz CT molecular complexity index is 1690. The summed E-state index contributed by atoms with van der Waals surface area (Å²) >= 11 is 1.83. The van der Waals surface area contributed by atoms with Crippen LogP contribution in [0.1, 0.15) is 12.7 Å². The Hall–Kier alpha value is -4.15. The van der Waals surface area contributed by atoms with E-state index in [4.69, 9.17) is 9.72 Å². The van der Waals surface area contributed by atoms with Crippen LogP contribution in [-0.4, -0.2) is 9.55 Å². The standard InChI is InChI=1S/C31H22N2OS/c1-2-30-32-24-9-6-10-26-31(24)33(30)25-16-15-23(19-27(25)34-26)20-11-13-22(14-12-20)29-18-17-28(35-29)21-7-4-3-5-8-21/h3-19H,2H2,1H3. The van der Waals surface area contributed by atoms with Gasteiger partial charge in [-0.05, 0) is 58.7 Å². The molecule has 0 amide bonds. The minimum Gasteiger partial charge on any atom is -0.453 e. The Labute approximate surface area is 207 Å². The summed E-state index contributed by atoms with van der Waals surface area (Å²) in [7, 11) is 0. The smallest absolute Gasteiger partial charge is 0.153 e. The number of fused-ring (bicyclic) bond motifs is 2. The summed E-state index contributed by atoms with van der Waals surface area (Å²) in [5, 5.41) is 0. The summed E-state index contributed by atoms with van der Waals surface area (Å²) in [6.07, 6.45) is 0.867. The number of para-hydroxylation sites is 1. The number of aromatic nitrogens is 2. The molecular weight excluding hydrogens is 448 g/mol. The van der Waals surface area contributed by atoms with Crippen LogP contribution in [0.5, 0.6) is 11.5 Å². The molecule has 0 spiro atoms. The summed E-state index contributed by atoms with van der Waals surface area (Å²) in [6.45, 7) is 2.14. The molecule has 0 bridgehead atoms. The highest BCUT2D eigenvalue weighted by Crippen LogP contribution is 2.43. The number of hydrogen-bond donors (Lipinski definition) is 0. The lowest BCUT2D eigenvalue weighted by Crippen LogP contribution is -2.07. The van der Waals surface area contributed by atoms with Crippen molar-refractivity contribution in [3.8, 4) is 49.2 Å². The highest BCUT2D eigenvalue weighted by molar-refractivity contribution is 7.18. The Morgan fingerprint density at radius 1 is 0.686 bits per heavy atom. The molecule has 35 heavy (non-hydrogen) atoms. The molecule has 0 N–H and O–H groups in total. The first-order chi connectivity index (χ1) is 17.3. The van der Waals surface area contributed by atoms with Crippen LogP contribution in [0.25, 0.3) is 48.7 Å². The van der Waals surface area contributed by atoms with Gasteiger partial charge < -0.3 is 4.74 Å². The Morgan fingerprint density at radius 3 is 2.17 bits per heavy atom. The van der Waals surface area contributed by atoms with Gasteiger partial charge in [0.25, 0.3) is 0 Å². The molecule has 3 nitrogen and oxygen atoms in total. The van der Waals surface area contributed by atoms with Gasteiger partial charge in [0.2, 0.25) is 0 Å². The topological polar surface area (TPSA) is 27.1 Å². The van der Waals surface area contributed by atoms with Crippen molar-refractivity contribution >= 4 is 22.4 Å². The molecule has 3 heterocycles. The molecule has 4 aromatic carbocycles. The quantitative estimate of drug-likeness (QED) is 0.257. The highest BCUT2D eigenvalue weighted by Gasteiger charge is 2.23. The number of hydrogen-bond acceptors (Lipinski definition) is 3. The van der Waals surface area contributed by atoms with E-state index in [0.717, 1.165) is 46.0 Å². The first-order valence-electron chi connectivity index (χ1n) is 11.9. The Kier molecular flexibility index (Phi) is 4.61. The normalized spacial score (nSPS) is 11.9. The van der Waals surface area contributed by atoms with Gasteiger partial charge in [-0.2, -0.15) is 0 Å². The molecule has 0 atom stereocenters. The van der Waals surface area contributed by atoms with Gasteiger partial charge in [-0.1, -0.05) is 73.7 Å². The van der Waals surface area contributed by atoms with Crippen molar-refractivity contribution in [3.05, 3.63) is 109 Å². The van der Waals surface area contributed by atoms with Crippen LogP contribution in [0.3, 0.4) is 0 Å². The average Bonchev–Trinajstić information content (AvgIpc) is 3.56. The van der Waals surface area contributed by atoms with E-state index < -0.39 is 0 Å². The van der Waals surface area contributed by atoms with E-state index >= 15 is 0 Å². The number of ether oxygens (including phenoxy) is 1. The van der Waals surface area contributed by atoms with Crippen LogP contribution in [0, 0.1) is 0 Å². The lowest BCUT2D eigenvalue weighted by atomic mass is 10.0. The molecule has 0 aliphatic carbocycles. The summed E-state index contributed by atoms with van der Waals surface area (Å²) in [5.74, 6) is 2.78. The summed E-state index contributed by atoms with van der Waals surface area (Å²) < 4.78 is 8.60. The lowest BCUT2D eigenvalue weighted by molar-refractivity contribution is 0.474. The van der Waals surface area contributed by atoms with Crippen LogP contribution >= 0.6 is 11.3 Å². The average molecular weight is 471 g/mol. The third-order valence-corrected chi connectivity index (χ3v) is 7.80. The maximum Gasteiger partial charge on any atom is 0.153 e. The fraction of sp³-hybridized carbons (Fsp3) is 0.0645. The third-order valence-electron chi connectivity index (χ3n) is 6.61. The van der Waals surface area contributed by atoms with Gasteiger partial charge in [0.05, 0.1) is 11.2 Å². The van der Waals surface area contributed by atoms with E-state index in [1.165, 1.54) is 26.4 Å². The van der Waals surface area contributed by atoms with Crippen molar-refractivity contribution in [1.82, 2.24) is 9.55 Å². The molecule has 4 heteroatoms. The zero-order valence-electron chi connectivity index (χ0n) is 19.2. The van der Waals surface area contributed by atoms with Crippen LogP contribution in [-0.2, 0) is 6.42 Å². The molecule has 1 aliphatic heterocycles. The van der Waals surface area contributed by atoms with E-state index in [1.54, 1.807) is 0 Å². The van der Waals surface area contributed by atoms with Gasteiger partial charge >= 0.3 is 0 Å². The first-order valence-corrected chi connectivity index (χ1v) is 12.7. The van der Waals surface area contributed by atoms with Gasteiger partial charge in [0.1, 0.15) is 11.3 Å². The second-order valence-corrected chi connectivity index (χ2v) is 9.82. The van der Waals surface area contributed by atoms with E-state index in [0.29, 0.717) is 0 Å². The predicted molar refractivity (Wildman–Crippen MR) is 145 cm³/mol. The van der Waals surface area contributed by atoms with Gasteiger partial charge in [0.15, 0.2) is 11.5 Å². The maximum absolute atomic E-state index is 6.35. The number of nitrogens with zero attached hydrogens (tertiary/aromatic N) is 2. The number of thiophene rings is 1. The number of rotatable bonds is 4. The SMILES string of the molecule is CCc1nc2cccc3c2n1-c1ccc(-c2ccc(-c4ccc(-c5ccccc5)s4)cc2)cc1O3. The molecule has 168 valence electrons. The number of imidazole rings is 1. The van der Waals surface area contributed by atoms with Crippen LogP contribution < -0.4 is 4.74 Å². The fourth-order valence-electron chi connectivity index (χ4n) is 4.88. The fourth-order valence-corrected chi connectivity index (χ4v) is 5.90. The lowest BCUT2D eigenvalue weighted by Gasteiger charge is -2.21. The molecule has 7 rings (SSSR count). The molecule has 0 unspecified atom stereocenters. The van der Waals surface area contributed by atoms with Gasteiger partial charge in [-0.15, -0.1) is 11.3 Å². The molecule has 0 saturated carbocycles. The van der Waals surface area contributed by atoms with Crippen LogP contribution in [0.4, 0.5) is 0 Å². The molecule has 2 aromatic heterocycles. The van der Waals surface area contributed by atoms with E-state index in [2.05, 4.69) is 102 Å².